The van der Waals surface area contributed by atoms with E-state index < -0.39 is 6.10 Å². The van der Waals surface area contributed by atoms with E-state index in [0.29, 0.717) is 19.3 Å². The molecule has 6 nitrogen and oxygen atoms in total. The Morgan fingerprint density at radius 3 is 0.782 bits per heavy atom. The summed E-state index contributed by atoms with van der Waals surface area (Å²) in [6.07, 6.45) is 84.4. The highest BCUT2D eigenvalue weighted by Gasteiger charge is 2.19. The van der Waals surface area contributed by atoms with Gasteiger partial charge < -0.3 is 14.2 Å². The lowest BCUT2D eigenvalue weighted by Gasteiger charge is -2.18. The zero-order chi connectivity index (χ0) is 56.4. The average Bonchev–Trinajstić information content (AvgIpc) is 3.44. The third-order valence-corrected chi connectivity index (χ3v) is 15.6. The van der Waals surface area contributed by atoms with Gasteiger partial charge in [-0.3, -0.25) is 14.4 Å². The Morgan fingerprint density at radius 1 is 0.269 bits per heavy atom. The molecule has 0 rings (SSSR count). The summed E-state index contributed by atoms with van der Waals surface area (Å²) in [5.41, 5.74) is 0. The third-order valence-electron chi connectivity index (χ3n) is 15.6. The SMILES string of the molecule is CC/C=C\C/C=C\C/C=C\C/C=C\CCCCCCCCCCCCCCCCCCC(=O)OCC(COC(=O)CCCCCCCCCCC)OC(=O)CCCCCCCCCCCCCCCCCCCCCCCC. The summed E-state index contributed by atoms with van der Waals surface area (Å²) in [4.78, 5) is 38.3. The lowest BCUT2D eigenvalue weighted by atomic mass is 10.0. The molecule has 78 heavy (non-hydrogen) atoms. The fraction of sp³-hybridized carbons (Fsp3) is 0.847. The van der Waals surface area contributed by atoms with Crippen molar-refractivity contribution in [3.8, 4) is 0 Å². The lowest BCUT2D eigenvalue weighted by molar-refractivity contribution is -0.167. The van der Waals surface area contributed by atoms with Gasteiger partial charge in [-0.05, 0) is 57.8 Å². The van der Waals surface area contributed by atoms with Gasteiger partial charge in [0.2, 0.25) is 0 Å². The van der Waals surface area contributed by atoms with E-state index >= 15 is 0 Å². The maximum atomic E-state index is 12.9. The van der Waals surface area contributed by atoms with Crippen LogP contribution in [0, 0.1) is 0 Å². The van der Waals surface area contributed by atoms with Gasteiger partial charge in [0.1, 0.15) is 13.2 Å². The van der Waals surface area contributed by atoms with Crippen molar-refractivity contribution in [2.45, 2.75) is 380 Å². The molecule has 0 saturated carbocycles. The molecule has 0 aliphatic carbocycles. The smallest absolute Gasteiger partial charge is 0.306 e. The first-order valence-electron chi connectivity index (χ1n) is 34.6. The molecule has 0 aliphatic heterocycles. The molecular weight excluding hydrogens is 961 g/mol. The molecule has 6 heteroatoms. The standard InChI is InChI=1S/C72H132O6/c1-4-7-10-13-16-19-21-23-25-27-29-31-33-34-35-36-37-38-39-41-42-44-46-48-50-53-56-59-62-65-71(74)77-68-69(67-76-70(73)64-61-58-55-52-18-15-12-9-6-3)78-72(75)66-63-60-57-54-51-49-47-45-43-40-32-30-28-26-24-22-20-17-14-11-8-5-2/h7,10,16,19,23,25,29,31,69H,4-6,8-9,11-15,17-18,20-22,24,26-28,30,32-68H2,1-3H3/b10-7-,19-16-,25-23-,31-29-. The fourth-order valence-electron chi connectivity index (χ4n) is 10.4. The van der Waals surface area contributed by atoms with Gasteiger partial charge in [-0.25, -0.2) is 0 Å². The fourth-order valence-corrected chi connectivity index (χ4v) is 10.4. The van der Waals surface area contributed by atoms with Crippen LogP contribution in [0.15, 0.2) is 48.6 Å². The number of rotatable bonds is 64. The predicted octanol–water partition coefficient (Wildman–Crippen LogP) is 23.7. The molecule has 0 fully saturated rings. The Morgan fingerprint density at radius 2 is 0.500 bits per heavy atom. The molecule has 0 radical (unpaired) electrons. The first kappa shape index (κ1) is 75.4. The van der Waals surface area contributed by atoms with Crippen LogP contribution in [0.5, 0.6) is 0 Å². The molecule has 0 aromatic heterocycles. The summed E-state index contributed by atoms with van der Waals surface area (Å²) >= 11 is 0. The van der Waals surface area contributed by atoms with Gasteiger partial charge in [0.25, 0.3) is 0 Å². The summed E-state index contributed by atoms with van der Waals surface area (Å²) in [5, 5.41) is 0. The van der Waals surface area contributed by atoms with E-state index in [4.69, 9.17) is 14.2 Å². The third kappa shape index (κ3) is 64.2. The highest BCUT2D eigenvalue weighted by atomic mass is 16.6. The summed E-state index contributed by atoms with van der Waals surface area (Å²) in [5.74, 6) is -0.842. The minimum atomic E-state index is -0.768. The monoisotopic (exact) mass is 1090 g/mol. The summed E-state index contributed by atoms with van der Waals surface area (Å²) in [7, 11) is 0. The van der Waals surface area contributed by atoms with Crippen LogP contribution in [0.4, 0.5) is 0 Å². The maximum Gasteiger partial charge on any atom is 0.306 e. The van der Waals surface area contributed by atoms with Crippen molar-refractivity contribution in [1.29, 1.82) is 0 Å². The van der Waals surface area contributed by atoms with Crippen molar-refractivity contribution in [3.63, 3.8) is 0 Å². The Labute approximate surface area is 486 Å². The average molecular weight is 1090 g/mol. The van der Waals surface area contributed by atoms with Crippen LogP contribution in [0.25, 0.3) is 0 Å². The zero-order valence-electron chi connectivity index (χ0n) is 52.5. The van der Waals surface area contributed by atoms with Gasteiger partial charge in [-0.2, -0.15) is 0 Å². The van der Waals surface area contributed by atoms with Crippen molar-refractivity contribution in [2.24, 2.45) is 0 Å². The van der Waals surface area contributed by atoms with Crippen LogP contribution >= 0.6 is 0 Å². The Kier molecular flexibility index (Phi) is 64.6. The van der Waals surface area contributed by atoms with Crippen LogP contribution in [-0.4, -0.2) is 37.2 Å². The second-order valence-corrected chi connectivity index (χ2v) is 23.4. The van der Waals surface area contributed by atoms with Gasteiger partial charge in [0.15, 0.2) is 6.10 Å². The molecule has 1 atom stereocenters. The summed E-state index contributed by atoms with van der Waals surface area (Å²) < 4.78 is 16.9. The molecule has 456 valence electrons. The van der Waals surface area contributed by atoms with Gasteiger partial charge in [0.05, 0.1) is 0 Å². The number of carbonyl (C=O) groups is 3. The Hall–Kier alpha value is -2.63. The van der Waals surface area contributed by atoms with Crippen molar-refractivity contribution in [3.05, 3.63) is 48.6 Å². The zero-order valence-corrected chi connectivity index (χ0v) is 52.5. The number of unbranched alkanes of at least 4 members (excludes halogenated alkanes) is 45. The minimum Gasteiger partial charge on any atom is -0.462 e. The van der Waals surface area contributed by atoms with Crippen molar-refractivity contribution >= 4 is 17.9 Å². The predicted molar refractivity (Wildman–Crippen MR) is 339 cm³/mol. The Bertz CT molecular complexity index is 1350. The molecule has 0 N–H and O–H groups in total. The normalized spacial score (nSPS) is 12.3. The van der Waals surface area contributed by atoms with Crippen molar-refractivity contribution < 1.29 is 28.6 Å². The number of ether oxygens (including phenoxy) is 3. The molecule has 0 spiro atoms. The second-order valence-electron chi connectivity index (χ2n) is 23.4. The molecular formula is C72H132O6. The van der Waals surface area contributed by atoms with E-state index in [9.17, 15) is 14.4 Å². The van der Waals surface area contributed by atoms with Crippen molar-refractivity contribution in [1.82, 2.24) is 0 Å². The van der Waals surface area contributed by atoms with E-state index in [1.807, 2.05) is 0 Å². The lowest BCUT2D eigenvalue weighted by Crippen LogP contribution is -2.30. The van der Waals surface area contributed by atoms with Gasteiger partial charge in [-0.1, -0.05) is 345 Å². The van der Waals surface area contributed by atoms with E-state index in [1.54, 1.807) is 0 Å². The van der Waals surface area contributed by atoms with Crippen LogP contribution in [-0.2, 0) is 28.6 Å². The number of carbonyl (C=O) groups excluding carboxylic acids is 3. The quantitative estimate of drug-likeness (QED) is 0.0261. The second kappa shape index (κ2) is 66.9. The van der Waals surface area contributed by atoms with E-state index in [1.165, 1.54) is 250 Å². The van der Waals surface area contributed by atoms with Crippen LogP contribution in [0.1, 0.15) is 374 Å². The number of hydrogen-bond donors (Lipinski definition) is 0. The molecule has 1 unspecified atom stereocenters. The van der Waals surface area contributed by atoms with Gasteiger partial charge in [-0.15, -0.1) is 0 Å². The van der Waals surface area contributed by atoms with Crippen molar-refractivity contribution in [2.75, 3.05) is 13.2 Å². The van der Waals surface area contributed by atoms with E-state index in [2.05, 4.69) is 69.4 Å². The summed E-state index contributed by atoms with van der Waals surface area (Å²) in [6, 6.07) is 0. The van der Waals surface area contributed by atoms with Gasteiger partial charge in [0, 0.05) is 19.3 Å². The number of allylic oxidation sites excluding steroid dienone is 8. The first-order chi connectivity index (χ1) is 38.5. The highest BCUT2D eigenvalue weighted by Crippen LogP contribution is 2.18. The summed E-state index contributed by atoms with van der Waals surface area (Å²) in [6.45, 7) is 6.58. The van der Waals surface area contributed by atoms with Gasteiger partial charge >= 0.3 is 17.9 Å². The first-order valence-corrected chi connectivity index (χ1v) is 34.6. The molecule has 0 amide bonds. The van der Waals surface area contributed by atoms with E-state index in [-0.39, 0.29) is 31.1 Å². The number of hydrogen-bond acceptors (Lipinski definition) is 6. The molecule has 0 aromatic carbocycles. The Balaban J connectivity index is 4.10. The largest absolute Gasteiger partial charge is 0.462 e. The molecule has 0 bridgehead atoms. The van der Waals surface area contributed by atoms with Crippen LogP contribution in [0.3, 0.4) is 0 Å². The van der Waals surface area contributed by atoms with E-state index in [0.717, 1.165) is 83.5 Å². The number of esters is 3. The topological polar surface area (TPSA) is 78.9 Å². The molecule has 0 aromatic rings. The highest BCUT2D eigenvalue weighted by molar-refractivity contribution is 5.71. The van der Waals surface area contributed by atoms with Crippen LogP contribution < -0.4 is 0 Å². The molecule has 0 saturated heterocycles. The minimum absolute atomic E-state index is 0.0662. The molecule has 0 heterocycles. The molecule has 0 aliphatic rings. The van der Waals surface area contributed by atoms with Crippen LogP contribution in [0.2, 0.25) is 0 Å². The maximum absolute atomic E-state index is 12.9.